The Bertz CT molecular complexity index is 736. The van der Waals surface area contributed by atoms with Gasteiger partial charge in [0.1, 0.15) is 5.82 Å². The topological polar surface area (TPSA) is 63.2 Å². The van der Waals surface area contributed by atoms with E-state index < -0.39 is 0 Å². The van der Waals surface area contributed by atoms with E-state index >= 15 is 0 Å². The zero-order valence-electron chi connectivity index (χ0n) is 14.3. The first-order chi connectivity index (χ1) is 12.1. The molecule has 1 fully saturated rings. The first kappa shape index (κ1) is 17.7. The number of carbonyl (C=O) groups is 1. The highest BCUT2D eigenvalue weighted by Crippen LogP contribution is 2.40. The smallest absolute Gasteiger partial charge is 0.217 e. The van der Waals surface area contributed by atoms with Gasteiger partial charge < -0.3 is 15.4 Å². The van der Waals surface area contributed by atoms with Gasteiger partial charge in [-0.15, -0.1) is 0 Å². The van der Waals surface area contributed by atoms with Gasteiger partial charge in [-0.3, -0.25) is 4.79 Å². The fourth-order valence-corrected chi connectivity index (χ4v) is 3.43. The summed E-state index contributed by atoms with van der Waals surface area (Å²) in [5.41, 5.74) is 2.05. The molecule has 6 heteroatoms. The van der Waals surface area contributed by atoms with Crippen LogP contribution in [0.2, 0.25) is 5.02 Å². The lowest BCUT2D eigenvalue weighted by atomic mass is 9.91. The largest absolute Gasteiger partial charge is 0.373 e. The van der Waals surface area contributed by atoms with Crippen LogP contribution in [0.15, 0.2) is 42.6 Å². The summed E-state index contributed by atoms with van der Waals surface area (Å²) in [6.07, 6.45) is 2.93. The van der Waals surface area contributed by atoms with Gasteiger partial charge in [-0.1, -0.05) is 29.8 Å². The zero-order valence-corrected chi connectivity index (χ0v) is 15.1. The zero-order chi connectivity index (χ0) is 17.8. The number of rotatable bonds is 4. The lowest BCUT2D eigenvalue weighted by Crippen LogP contribution is -2.39. The number of hydrogen-bond acceptors (Lipinski definition) is 4. The van der Waals surface area contributed by atoms with Gasteiger partial charge >= 0.3 is 0 Å². The Morgan fingerprint density at radius 1 is 1.20 bits per heavy atom. The van der Waals surface area contributed by atoms with E-state index in [1.807, 2.05) is 43.4 Å². The van der Waals surface area contributed by atoms with Crippen molar-refractivity contribution in [2.45, 2.75) is 38.0 Å². The molecule has 132 valence electrons. The maximum Gasteiger partial charge on any atom is 0.217 e. The van der Waals surface area contributed by atoms with E-state index in [1.165, 1.54) is 0 Å². The van der Waals surface area contributed by atoms with Crippen LogP contribution in [0.4, 0.5) is 5.82 Å². The number of amides is 1. The quantitative estimate of drug-likeness (QED) is 0.869. The Balaban J connectivity index is 1.89. The average Bonchev–Trinajstić information content (AvgIpc) is 2.61. The summed E-state index contributed by atoms with van der Waals surface area (Å²) in [5, 5.41) is 6.85. The van der Waals surface area contributed by atoms with Crippen LogP contribution >= 0.6 is 11.6 Å². The minimum absolute atomic E-state index is 0.0273. The molecule has 3 atom stereocenters. The second kappa shape index (κ2) is 7.85. The summed E-state index contributed by atoms with van der Waals surface area (Å²) in [6, 6.07) is 11.6. The standard InChI is InChI=1S/C19H22ClN3O2/c1-12(24)23-15-10-17(13-5-7-14(20)8-6-13)25-18(11-15)16-4-3-9-22-19(16)21-2/h3-9,15,17-18H,10-11H2,1-2H3,(H,21,22)(H,23,24)/t15-,17-,18+/m0/s1. The third kappa shape index (κ3) is 4.30. The number of halogens is 1. The van der Waals surface area contributed by atoms with Gasteiger partial charge in [0.15, 0.2) is 0 Å². The van der Waals surface area contributed by atoms with E-state index in [4.69, 9.17) is 16.3 Å². The summed E-state index contributed by atoms with van der Waals surface area (Å²) >= 11 is 6.00. The lowest BCUT2D eigenvalue weighted by molar-refractivity contribution is -0.122. The molecule has 5 nitrogen and oxygen atoms in total. The first-order valence-electron chi connectivity index (χ1n) is 8.37. The number of carbonyl (C=O) groups excluding carboxylic acids is 1. The molecule has 25 heavy (non-hydrogen) atoms. The highest BCUT2D eigenvalue weighted by atomic mass is 35.5. The van der Waals surface area contributed by atoms with E-state index in [-0.39, 0.29) is 24.2 Å². The molecule has 0 radical (unpaired) electrons. The molecule has 2 N–H and O–H groups in total. The van der Waals surface area contributed by atoms with Gasteiger partial charge in [-0.2, -0.15) is 0 Å². The molecular weight excluding hydrogens is 338 g/mol. The molecule has 0 aliphatic carbocycles. The molecule has 0 spiro atoms. The maximum atomic E-state index is 11.6. The second-order valence-corrected chi connectivity index (χ2v) is 6.66. The molecule has 1 aliphatic rings. The van der Waals surface area contributed by atoms with Crippen LogP contribution in [0.25, 0.3) is 0 Å². The monoisotopic (exact) mass is 359 g/mol. The van der Waals surface area contributed by atoms with Gasteiger partial charge in [0.05, 0.1) is 12.2 Å². The van der Waals surface area contributed by atoms with Gasteiger partial charge in [0, 0.05) is 36.8 Å². The molecule has 1 aromatic heterocycles. The molecule has 0 saturated carbocycles. The van der Waals surface area contributed by atoms with Crippen molar-refractivity contribution in [3.8, 4) is 0 Å². The third-order valence-corrected chi connectivity index (χ3v) is 4.65. The summed E-state index contributed by atoms with van der Waals surface area (Å²) in [7, 11) is 1.84. The first-order valence-corrected chi connectivity index (χ1v) is 8.75. The van der Waals surface area contributed by atoms with Crippen LogP contribution in [-0.2, 0) is 9.53 Å². The van der Waals surface area contributed by atoms with Gasteiger partial charge in [0.25, 0.3) is 0 Å². The minimum atomic E-state index is -0.151. The maximum absolute atomic E-state index is 11.6. The number of pyridine rings is 1. The SMILES string of the molecule is CNc1ncccc1[C@H]1C[C@@H](NC(C)=O)C[C@@H](c2ccc(Cl)cc2)O1. The van der Waals surface area contributed by atoms with E-state index in [0.717, 1.165) is 23.4 Å². The number of benzene rings is 1. The van der Waals surface area contributed by atoms with Crippen molar-refractivity contribution in [3.63, 3.8) is 0 Å². The van der Waals surface area contributed by atoms with Crippen LogP contribution in [-0.4, -0.2) is 24.0 Å². The number of aromatic nitrogens is 1. The van der Waals surface area contributed by atoms with Crippen molar-refractivity contribution in [2.24, 2.45) is 0 Å². The summed E-state index contributed by atoms with van der Waals surface area (Å²) in [6.45, 7) is 1.55. The van der Waals surface area contributed by atoms with E-state index in [2.05, 4.69) is 15.6 Å². The predicted molar refractivity (Wildman–Crippen MR) is 98.6 cm³/mol. The summed E-state index contributed by atoms with van der Waals surface area (Å²) < 4.78 is 6.38. The normalized spacial score (nSPS) is 23.1. The molecule has 1 aromatic carbocycles. The number of hydrogen-bond donors (Lipinski definition) is 2. The average molecular weight is 360 g/mol. The molecular formula is C19H22ClN3O2. The fraction of sp³-hybridized carbons (Fsp3) is 0.368. The van der Waals surface area contributed by atoms with E-state index in [0.29, 0.717) is 11.4 Å². The predicted octanol–water partition coefficient (Wildman–Crippen LogP) is 3.87. The molecule has 0 unspecified atom stereocenters. The Hall–Kier alpha value is -2.11. The Morgan fingerprint density at radius 2 is 1.92 bits per heavy atom. The van der Waals surface area contributed by atoms with Crippen LogP contribution in [0.5, 0.6) is 0 Å². The van der Waals surface area contributed by atoms with Crippen LogP contribution < -0.4 is 10.6 Å². The molecule has 1 saturated heterocycles. The van der Waals surface area contributed by atoms with Crippen molar-refractivity contribution in [2.75, 3.05) is 12.4 Å². The van der Waals surface area contributed by atoms with Gasteiger partial charge in [-0.25, -0.2) is 4.98 Å². The summed E-state index contributed by atoms with van der Waals surface area (Å²) in [4.78, 5) is 15.9. The number of nitrogens with zero attached hydrogens (tertiary/aromatic N) is 1. The van der Waals surface area contributed by atoms with Crippen LogP contribution in [0, 0.1) is 0 Å². The van der Waals surface area contributed by atoms with Crippen molar-refractivity contribution in [3.05, 3.63) is 58.7 Å². The molecule has 2 aromatic rings. The number of ether oxygens (including phenoxy) is 1. The molecule has 0 bridgehead atoms. The van der Waals surface area contributed by atoms with Crippen LogP contribution in [0.3, 0.4) is 0 Å². The molecule has 2 heterocycles. The third-order valence-electron chi connectivity index (χ3n) is 4.40. The Kier molecular flexibility index (Phi) is 5.56. The molecule has 1 amide bonds. The fourth-order valence-electron chi connectivity index (χ4n) is 3.31. The second-order valence-electron chi connectivity index (χ2n) is 6.23. The van der Waals surface area contributed by atoms with Gasteiger partial charge in [0.2, 0.25) is 5.91 Å². The summed E-state index contributed by atoms with van der Waals surface area (Å²) in [5.74, 6) is 0.770. The molecule has 1 aliphatic heterocycles. The number of nitrogens with one attached hydrogen (secondary N) is 2. The van der Waals surface area contributed by atoms with Crippen molar-refractivity contribution in [1.29, 1.82) is 0 Å². The van der Waals surface area contributed by atoms with Crippen molar-refractivity contribution >= 4 is 23.3 Å². The molecule has 3 rings (SSSR count). The van der Waals surface area contributed by atoms with Crippen molar-refractivity contribution in [1.82, 2.24) is 10.3 Å². The van der Waals surface area contributed by atoms with E-state index in [1.54, 1.807) is 13.1 Å². The number of anilines is 1. The highest BCUT2D eigenvalue weighted by molar-refractivity contribution is 6.30. The Labute approximate surface area is 152 Å². The highest BCUT2D eigenvalue weighted by Gasteiger charge is 2.33. The van der Waals surface area contributed by atoms with Gasteiger partial charge in [-0.05, 0) is 36.6 Å². The lowest BCUT2D eigenvalue weighted by Gasteiger charge is -2.36. The van der Waals surface area contributed by atoms with Crippen LogP contribution in [0.1, 0.15) is 43.1 Å². The Morgan fingerprint density at radius 3 is 2.60 bits per heavy atom. The minimum Gasteiger partial charge on any atom is -0.373 e. The van der Waals surface area contributed by atoms with E-state index in [9.17, 15) is 4.79 Å². The van der Waals surface area contributed by atoms with Crippen molar-refractivity contribution < 1.29 is 9.53 Å².